The van der Waals surface area contributed by atoms with Crippen LogP contribution >= 0.6 is 0 Å². The third-order valence-corrected chi connectivity index (χ3v) is 4.46. The molecule has 0 aromatic carbocycles. The lowest BCUT2D eigenvalue weighted by atomic mass is 9.88. The van der Waals surface area contributed by atoms with Crippen LogP contribution in [-0.4, -0.2) is 64.3 Å². The number of hydrogen-bond acceptors (Lipinski definition) is 3. The number of aliphatic carboxylic acids is 1. The molecule has 0 aromatic heterocycles. The fraction of sp³-hybridized carbons (Fsp3) is 0.857. The van der Waals surface area contributed by atoms with Crippen molar-refractivity contribution in [2.24, 2.45) is 0 Å². The molecule has 114 valence electrons. The molecule has 2 fully saturated rings. The van der Waals surface area contributed by atoms with Gasteiger partial charge in [-0.25, -0.2) is 9.59 Å². The number of piperidine rings is 1. The zero-order valence-electron chi connectivity index (χ0n) is 12.5. The van der Waals surface area contributed by atoms with Crippen molar-refractivity contribution in [3.05, 3.63) is 0 Å². The van der Waals surface area contributed by atoms with Crippen LogP contribution in [-0.2, 0) is 9.53 Å². The second-order valence-electron chi connectivity index (χ2n) is 6.49. The molecule has 2 amide bonds. The zero-order valence-corrected chi connectivity index (χ0v) is 12.5. The SMILES string of the molecule is CC1(C)COCCN1C(=O)N1CCCCC1(C)C(=O)O. The summed E-state index contributed by atoms with van der Waals surface area (Å²) in [7, 11) is 0. The molecule has 0 aromatic rings. The van der Waals surface area contributed by atoms with E-state index >= 15 is 0 Å². The number of urea groups is 1. The Bertz CT molecular complexity index is 410. The minimum Gasteiger partial charge on any atom is -0.480 e. The second kappa shape index (κ2) is 5.24. The Balaban J connectivity index is 2.24. The van der Waals surface area contributed by atoms with E-state index in [-0.39, 0.29) is 6.03 Å². The van der Waals surface area contributed by atoms with Gasteiger partial charge in [-0.05, 0) is 40.0 Å². The van der Waals surface area contributed by atoms with Gasteiger partial charge in [0.05, 0.1) is 18.8 Å². The molecular formula is C14H24N2O4. The quantitative estimate of drug-likeness (QED) is 0.793. The Morgan fingerprint density at radius 3 is 2.40 bits per heavy atom. The van der Waals surface area contributed by atoms with Crippen molar-refractivity contribution < 1.29 is 19.4 Å². The van der Waals surface area contributed by atoms with Crippen LogP contribution in [0.25, 0.3) is 0 Å². The fourth-order valence-corrected chi connectivity index (χ4v) is 3.01. The molecule has 2 saturated heterocycles. The number of carbonyl (C=O) groups excluding carboxylic acids is 1. The average Bonchev–Trinajstić information content (AvgIpc) is 2.38. The molecule has 6 nitrogen and oxygen atoms in total. The second-order valence-corrected chi connectivity index (χ2v) is 6.49. The maximum atomic E-state index is 12.8. The van der Waals surface area contributed by atoms with Gasteiger partial charge in [-0.2, -0.15) is 0 Å². The van der Waals surface area contributed by atoms with Crippen LogP contribution in [0.2, 0.25) is 0 Å². The minimum absolute atomic E-state index is 0.178. The van der Waals surface area contributed by atoms with Crippen LogP contribution in [0.5, 0.6) is 0 Å². The molecule has 20 heavy (non-hydrogen) atoms. The van der Waals surface area contributed by atoms with Gasteiger partial charge in [-0.1, -0.05) is 0 Å². The Labute approximate surface area is 119 Å². The lowest BCUT2D eigenvalue weighted by molar-refractivity contribution is -0.151. The van der Waals surface area contributed by atoms with Crippen molar-refractivity contribution in [2.75, 3.05) is 26.3 Å². The number of carboxylic acid groups (broad SMARTS) is 1. The molecule has 2 rings (SSSR count). The van der Waals surface area contributed by atoms with E-state index in [0.29, 0.717) is 32.7 Å². The Hall–Kier alpha value is -1.30. The largest absolute Gasteiger partial charge is 0.480 e. The molecule has 1 atom stereocenters. The number of amides is 2. The van der Waals surface area contributed by atoms with Gasteiger partial charge in [0.1, 0.15) is 5.54 Å². The van der Waals surface area contributed by atoms with Gasteiger partial charge in [0.25, 0.3) is 0 Å². The number of hydrogen-bond donors (Lipinski definition) is 1. The van der Waals surface area contributed by atoms with Gasteiger partial charge < -0.3 is 19.6 Å². The first kappa shape index (κ1) is 15.1. The molecule has 0 radical (unpaired) electrons. The third-order valence-electron chi connectivity index (χ3n) is 4.46. The van der Waals surface area contributed by atoms with Crippen LogP contribution in [0.1, 0.15) is 40.0 Å². The first-order chi connectivity index (χ1) is 9.29. The van der Waals surface area contributed by atoms with Crippen molar-refractivity contribution in [3.63, 3.8) is 0 Å². The summed E-state index contributed by atoms with van der Waals surface area (Å²) < 4.78 is 5.42. The zero-order chi connectivity index (χ0) is 15.0. The van der Waals surface area contributed by atoms with Gasteiger partial charge in [0.15, 0.2) is 0 Å². The van der Waals surface area contributed by atoms with Crippen molar-refractivity contribution in [1.82, 2.24) is 9.80 Å². The molecule has 6 heteroatoms. The summed E-state index contributed by atoms with van der Waals surface area (Å²) in [6.07, 6.45) is 2.22. The smallest absolute Gasteiger partial charge is 0.329 e. The summed E-state index contributed by atoms with van der Waals surface area (Å²) in [5.74, 6) is -0.920. The van der Waals surface area contributed by atoms with E-state index in [2.05, 4.69) is 0 Å². The van der Waals surface area contributed by atoms with Crippen LogP contribution < -0.4 is 0 Å². The van der Waals surface area contributed by atoms with Crippen LogP contribution in [0, 0.1) is 0 Å². The van der Waals surface area contributed by atoms with E-state index < -0.39 is 17.0 Å². The van der Waals surface area contributed by atoms with Crippen molar-refractivity contribution >= 4 is 12.0 Å². The van der Waals surface area contributed by atoms with Crippen molar-refractivity contribution in [2.45, 2.75) is 51.1 Å². The molecule has 0 saturated carbocycles. The highest BCUT2D eigenvalue weighted by atomic mass is 16.5. The van der Waals surface area contributed by atoms with E-state index in [4.69, 9.17) is 4.74 Å². The molecule has 0 spiro atoms. The molecule has 2 aliphatic heterocycles. The summed E-state index contributed by atoms with van der Waals surface area (Å²) in [5.41, 5.74) is -1.49. The maximum Gasteiger partial charge on any atom is 0.329 e. The Kier molecular flexibility index (Phi) is 3.95. The lowest BCUT2D eigenvalue weighted by Gasteiger charge is -2.49. The summed E-state index contributed by atoms with van der Waals surface area (Å²) in [4.78, 5) is 27.7. The highest BCUT2D eigenvalue weighted by Crippen LogP contribution is 2.31. The predicted molar refractivity (Wildman–Crippen MR) is 73.6 cm³/mol. The number of carboxylic acids is 1. The minimum atomic E-state index is -1.09. The molecule has 0 aliphatic carbocycles. The number of carbonyl (C=O) groups is 2. The van der Waals surface area contributed by atoms with Gasteiger partial charge >= 0.3 is 12.0 Å². The maximum absolute atomic E-state index is 12.8. The topological polar surface area (TPSA) is 70.1 Å². The van der Waals surface area contributed by atoms with E-state index in [0.717, 1.165) is 12.8 Å². The Morgan fingerprint density at radius 1 is 1.10 bits per heavy atom. The Morgan fingerprint density at radius 2 is 1.80 bits per heavy atom. The monoisotopic (exact) mass is 284 g/mol. The molecule has 0 bridgehead atoms. The molecule has 1 unspecified atom stereocenters. The normalized spacial score (nSPS) is 30.1. The standard InChI is InChI=1S/C14H24N2O4/c1-13(2)10-20-9-8-15(13)12(19)16-7-5-4-6-14(16,3)11(17)18/h4-10H2,1-3H3,(H,17,18). The van der Waals surface area contributed by atoms with Crippen LogP contribution in [0.15, 0.2) is 0 Å². The molecule has 1 N–H and O–H groups in total. The third kappa shape index (κ3) is 2.49. The first-order valence-corrected chi connectivity index (χ1v) is 7.19. The molecule has 2 aliphatic rings. The number of nitrogens with zero attached hydrogens (tertiary/aromatic N) is 2. The fourth-order valence-electron chi connectivity index (χ4n) is 3.01. The summed E-state index contributed by atoms with van der Waals surface area (Å²) in [6.45, 7) is 7.56. The van der Waals surface area contributed by atoms with Crippen LogP contribution in [0.4, 0.5) is 4.79 Å². The number of morpholine rings is 1. The van der Waals surface area contributed by atoms with Crippen LogP contribution in [0.3, 0.4) is 0 Å². The first-order valence-electron chi connectivity index (χ1n) is 7.19. The number of rotatable bonds is 1. The summed E-state index contributed by atoms with van der Waals surface area (Å²) in [5, 5.41) is 9.51. The molecule has 2 heterocycles. The van der Waals surface area contributed by atoms with Crippen molar-refractivity contribution in [1.29, 1.82) is 0 Å². The van der Waals surface area contributed by atoms with Gasteiger partial charge in [0.2, 0.25) is 0 Å². The lowest BCUT2D eigenvalue weighted by Crippen LogP contribution is -2.65. The van der Waals surface area contributed by atoms with Gasteiger partial charge in [-0.3, -0.25) is 0 Å². The van der Waals surface area contributed by atoms with Gasteiger partial charge in [-0.15, -0.1) is 0 Å². The highest BCUT2D eigenvalue weighted by Gasteiger charge is 2.47. The summed E-state index contributed by atoms with van der Waals surface area (Å²) >= 11 is 0. The average molecular weight is 284 g/mol. The van der Waals surface area contributed by atoms with E-state index in [1.165, 1.54) is 4.90 Å². The highest BCUT2D eigenvalue weighted by molar-refractivity contribution is 5.86. The number of ether oxygens (including phenoxy) is 1. The predicted octanol–water partition coefficient (Wildman–Crippen LogP) is 1.55. The number of likely N-dealkylation sites (tertiary alicyclic amines) is 1. The summed E-state index contributed by atoms with van der Waals surface area (Å²) in [6, 6.07) is -0.178. The van der Waals surface area contributed by atoms with Crippen molar-refractivity contribution in [3.8, 4) is 0 Å². The van der Waals surface area contributed by atoms with E-state index in [1.807, 2.05) is 13.8 Å². The van der Waals surface area contributed by atoms with Gasteiger partial charge in [0, 0.05) is 13.1 Å². The van der Waals surface area contributed by atoms with E-state index in [9.17, 15) is 14.7 Å². The van der Waals surface area contributed by atoms with E-state index in [1.54, 1.807) is 11.8 Å². The molecular weight excluding hydrogens is 260 g/mol.